The Kier molecular flexibility index (Phi) is 6.41. The number of amides is 1. The zero-order valence-corrected chi connectivity index (χ0v) is 15.5. The second kappa shape index (κ2) is 8.33. The van der Waals surface area contributed by atoms with Gasteiger partial charge in [-0.15, -0.1) is 0 Å². The quantitative estimate of drug-likeness (QED) is 0.673. The molecule has 1 N–H and O–H groups in total. The van der Waals surface area contributed by atoms with Crippen molar-refractivity contribution in [3.8, 4) is 0 Å². The minimum Gasteiger partial charge on any atom is -0.356 e. The monoisotopic (exact) mass is 367 g/mol. The number of nitrogens with one attached hydrogen (secondary N) is 1. The number of carbonyl (C=O) groups excluding carboxylic acids is 1. The number of hydrogen-bond donors (Lipinski definition) is 1. The molecule has 0 saturated carbocycles. The number of benzene rings is 1. The van der Waals surface area contributed by atoms with E-state index in [-0.39, 0.29) is 23.8 Å². The van der Waals surface area contributed by atoms with Crippen molar-refractivity contribution in [1.82, 2.24) is 14.5 Å². The highest BCUT2D eigenvalue weighted by atomic mass is 32.2. The van der Waals surface area contributed by atoms with Crippen molar-refractivity contribution in [2.75, 3.05) is 18.6 Å². The molecule has 0 fully saturated rings. The van der Waals surface area contributed by atoms with Crippen molar-refractivity contribution in [2.45, 2.75) is 39.3 Å². The van der Waals surface area contributed by atoms with Crippen molar-refractivity contribution in [1.29, 1.82) is 0 Å². The van der Waals surface area contributed by atoms with Gasteiger partial charge >= 0.3 is 5.69 Å². The first-order valence-electron chi connectivity index (χ1n) is 8.46. The third kappa shape index (κ3) is 5.19. The number of sulfone groups is 1. The zero-order chi connectivity index (χ0) is 18.4. The number of rotatable bonds is 9. The Morgan fingerprint density at radius 2 is 1.72 bits per heavy atom. The van der Waals surface area contributed by atoms with Gasteiger partial charge in [0.1, 0.15) is 9.84 Å². The van der Waals surface area contributed by atoms with E-state index in [1.807, 2.05) is 31.2 Å². The molecule has 138 valence electrons. The fourth-order valence-corrected chi connectivity index (χ4v) is 3.46. The summed E-state index contributed by atoms with van der Waals surface area (Å²) in [7, 11) is -3.01. The third-order valence-corrected chi connectivity index (χ3v) is 4.98. The molecule has 25 heavy (non-hydrogen) atoms. The van der Waals surface area contributed by atoms with E-state index in [1.165, 1.54) is 6.26 Å². The predicted molar refractivity (Wildman–Crippen MR) is 98.4 cm³/mol. The Labute approximate surface area is 147 Å². The summed E-state index contributed by atoms with van der Waals surface area (Å²) in [5, 5.41) is 2.70. The van der Waals surface area contributed by atoms with Gasteiger partial charge in [-0.3, -0.25) is 13.9 Å². The van der Waals surface area contributed by atoms with Crippen LogP contribution in [0.3, 0.4) is 0 Å². The van der Waals surface area contributed by atoms with Crippen LogP contribution in [0.4, 0.5) is 0 Å². The Morgan fingerprint density at radius 1 is 1.12 bits per heavy atom. The first kappa shape index (κ1) is 19.2. The Balaban J connectivity index is 2.00. The number of nitrogens with zero attached hydrogens (tertiary/aromatic N) is 2. The third-order valence-electron chi connectivity index (χ3n) is 3.95. The lowest BCUT2D eigenvalue weighted by atomic mass is 10.3. The summed E-state index contributed by atoms with van der Waals surface area (Å²) in [5.41, 5.74) is 1.60. The largest absolute Gasteiger partial charge is 0.356 e. The minimum atomic E-state index is -3.01. The van der Waals surface area contributed by atoms with Gasteiger partial charge in [-0.1, -0.05) is 19.1 Å². The van der Waals surface area contributed by atoms with Gasteiger partial charge in [-0.2, -0.15) is 0 Å². The van der Waals surface area contributed by atoms with Crippen LogP contribution < -0.4 is 11.0 Å². The van der Waals surface area contributed by atoms with Crippen LogP contribution in [0.15, 0.2) is 29.1 Å². The van der Waals surface area contributed by atoms with Crippen molar-refractivity contribution >= 4 is 26.8 Å². The average Bonchev–Trinajstić information content (AvgIpc) is 2.82. The fourth-order valence-electron chi connectivity index (χ4n) is 2.79. The molecule has 2 aromatic rings. The minimum absolute atomic E-state index is 0.0528. The summed E-state index contributed by atoms with van der Waals surface area (Å²) < 4.78 is 25.5. The van der Waals surface area contributed by atoms with E-state index in [0.717, 1.165) is 17.5 Å². The molecule has 0 aliphatic rings. The Morgan fingerprint density at radius 3 is 2.28 bits per heavy atom. The number of carbonyl (C=O) groups is 1. The van der Waals surface area contributed by atoms with Crippen LogP contribution in [-0.4, -0.2) is 42.0 Å². The molecule has 7 nitrogen and oxygen atoms in total. The zero-order valence-electron chi connectivity index (χ0n) is 14.7. The molecule has 2 rings (SSSR count). The summed E-state index contributed by atoms with van der Waals surface area (Å²) in [5.74, 6) is -0.134. The van der Waals surface area contributed by atoms with Crippen LogP contribution in [0.1, 0.15) is 26.2 Å². The fraction of sp³-hybridized carbons (Fsp3) is 0.529. The SMILES string of the molecule is CCCn1c(=O)n(CCC(=O)NCCCS(C)(=O)=O)c2ccccc21. The van der Waals surface area contributed by atoms with Crippen molar-refractivity contribution in [3.05, 3.63) is 34.7 Å². The van der Waals surface area contributed by atoms with Crippen molar-refractivity contribution in [2.24, 2.45) is 0 Å². The molecule has 0 aliphatic heterocycles. The number of imidazole rings is 1. The molecule has 0 bridgehead atoms. The predicted octanol–water partition coefficient (Wildman–Crippen LogP) is 1.15. The van der Waals surface area contributed by atoms with E-state index < -0.39 is 9.84 Å². The summed E-state index contributed by atoms with van der Waals surface area (Å²) in [6.07, 6.45) is 2.60. The Hall–Kier alpha value is -2.09. The van der Waals surface area contributed by atoms with E-state index in [4.69, 9.17) is 0 Å². The maximum atomic E-state index is 12.6. The van der Waals surface area contributed by atoms with Crippen LogP contribution in [-0.2, 0) is 27.7 Å². The molecule has 0 spiro atoms. The van der Waals surface area contributed by atoms with Crippen molar-refractivity contribution < 1.29 is 13.2 Å². The maximum absolute atomic E-state index is 12.6. The molecule has 0 atom stereocenters. The first-order chi connectivity index (χ1) is 11.8. The highest BCUT2D eigenvalue weighted by molar-refractivity contribution is 7.90. The normalized spacial score (nSPS) is 11.8. The second-order valence-corrected chi connectivity index (χ2v) is 8.42. The highest BCUT2D eigenvalue weighted by Gasteiger charge is 2.13. The maximum Gasteiger partial charge on any atom is 0.329 e. The van der Waals surface area contributed by atoms with Crippen molar-refractivity contribution in [3.63, 3.8) is 0 Å². The second-order valence-electron chi connectivity index (χ2n) is 6.16. The lowest BCUT2D eigenvalue weighted by Gasteiger charge is -2.06. The van der Waals surface area contributed by atoms with E-state index in [9.17, 15) is 18.0 Å². The van der Waals surface area contributed by atoms with Gasteiger partial charge in [0, 0.05) is 32.3 Å². The smallest absolute Gasteiger partial charge is 0.329 e. The molecule has 0 radical (unpaired) electrons. The van der Waals surface area contributed by atoms with Crippen LogP contribution in [0.5, 0.6) is 0 Å². The lowest BCUT2D eigenvalue weighted by Crippen LogP contribution is -2.29. The van der Waals surface area contributed by atoms with Crippen LogP contribution in [0.2, 0.25) is 0 Å². The van der Waals surface area contributed by atoms with Gasteiger partial charge in [-0.05, 0) is 25.0 Å². The number of aryl methyl sites for hydroxylation is 2. The molecular weight excluding hydrogens is 342 g/mol. The molecule has 1 amide bonds. The summed E-state index contributed by atoms with van der Waals surface area (Å²) in [6.45, 7) is 3.28. The first-order valence-corrected chi connectivity index (χ1v) is 10.5. The average molecular weight is 367 g/mol. The van der Waals surface area contributed by atoms with E-state index in [0.29, 0.717) is 26.1 Å². The summed E-state index contributed by atoms with van der Waals surface area (Å²) in [6, 6.07) is 7.56. The van der Waals surface area contributed by atoms with Gasteiger partial charge in [0.15, 0.2) is 0 Å². The number of fused-ring (bicyclic) bond motifs is 1. The molecule has 1 heterocycles. The van der Waals surface area contributed by atoms with E-state index in [2.05, 4.69) is 5.32 Å². The molecule has 1 aromatic heterocycles. The Bertz CT molecular complexity index is 896. The van der Waals surface area contributed by atoms with Crippen LogP contribution >= 0.6 is 0 Å². The molecule has 8 heteroatoms. The standard InChI is InChI=1S/C17H25N3O4S/c1-3-11-19-14-7-4-5-8-15(14)20(17(19)22)12-9-16(21)18-10-6-13-25(2,23)24/h4-5,7-8H,3,6,9-13H2,1-2H3,(H,18,21). The topological polar surface area (TPSA) is 90.2 Å². The van der Waals surface area contributed by atoms with Crippen LogP contribution in [0, 0.1) is 0 Å². The highest BCUT2D eigenvalue weighted by Crippen LogP contribution is 2.13. The summed E-state index contributed by atoms with van der Waals surface area (Å²) >= 11 is 0. The van der Waals surface area contributed by atoms with E-state index in [1.54, 1.807) is 9.13 Å². The van der Waals surface area contributed by atoms with Gasteiger partial charge in [0.2, 0.25) is 5.91 Å². The molecular formula is C17H25N3O4S. The van der Waals surface area contributed by atoms with Gasteiger partial charge in [0.05, 0.1) is 16.8 Å². The molecule has 0 unspecified atom stereocenters. The van der Waals surface area contributed by atoms with Crippen LogP contribution in [0.25, 0.3) is 11.0 Å². The lowest BCUT2D eigenvalue weighted by molar-refractivity contribution is -0.121. The van der Waals surface area contributed by atoms with Gasteiger partial charge in [0.25, 0.3) is 0 Å². The number of para-hydroxylation sites is 2. The number of aromatic nitrogens is 2. The van der Waals surface area contributed by atoms with E-state index >= 15 is 0 Å². The molecule has 0 saturated heterocycles. The van der Waals surface area contributed by atoms with Gasteiger partial charge in [-0.25, -0.2) is 13.2 Å². The summed E-state index contributed by atoms with van der Waals surface area (Å²) in [4.78, 5) is 24.5. The van der Waals surface area contributed by atoms with Gasteiger partial charge < -0.3 is 5.32 Å². The molecule has 1 aromatic carbocycles. The number of hydrogen-bond acceptors (Lipinski definition) is 4. The molecule has 0 aliphatic carbocycles.